The summed E-state index contributed by atoms with van der Waals surface area (Å²) in [6, 6.07) is 8.43. The van der Waals surface area contributed by atoms with Crippen LogP contribution in [0.25, 0.3) is 0 Å². The van der Waals surface area contributed by atoms with E-state index in [4.69, 9.17) is 0 Å². The molecule has 1 aromatic carbocycles. The number of hydrogen-bond donors (Lipinski definition) is 1. The van der Waals surface area contributed by atoms with Crippen LogP contribution in [0.5, 0.6) is 0 Å². The van der Waals surface area contributed by atoms with Crippen LogP contribution in [-0.2, 0) is 0 Å². The minimum absolute atomic E-state index is 0.183. The van der Waals surface area contributed by atoms with Gasteiger partial charge in [-0.2, -0.15) is 0 Å². The Kier molecular flexibility index (Phi) is 3.44. The van der Waals surface area contributed by atoms with Gasteiger partial charge in [-0.3, -0.25) is 4.90 Å². The van der Waals surface area contributed by atoms with Gasteiger partial charge in [-0.05, 0) is 30.7 Å². The van der Waals surface area contributed by atoms with E-state index >= 15 is 0 Å². The van der Waals surface area contributed by atoms with Gasteiger partial charge in [0, 0.05) is 11.0 Å². The van der Waals surface area contributed by atoms with Crippen molar-refractivity contribution < 1.29 is 5.11 Å². The van der Waals surface area contributed by atoms with Crippen molar-refractivity contribution in [3.05, 3.63) is 34.3 Å². The topological polar surface area (TPSA) is 23.5 Å². The molecular formula is C12H16BrNO. The first-order chi connectivity index (χ1) is 7.22. The lowest BCUT2D eigenvalue weighted by molar-refractivity contribution is 0.119. The number of benzene rings is 1. The van der Waals surface area contributed by atoms with Gasteiger partial charge in [0.1, 0.15) is 0 Å². The third kappa shape index (κ3) is 2.25. The van der Waals surface area contributed by atoms with Crippen molar-refractivity contribution in [2.45, 2.75) is 25.5 Å². The maximum absolute atomic E-state index is 9.96. The van der Waals surface area contributed by atoms with Gasteiger partial charge in [0.05, 0.1) is 12.1 Å². The second-order valence-electron chi connectivity index (χ2n) is 3.98. The maximum atomic E-state index is 9.96. The summed E-state index contributed by atoms with van der Waals surface area (Å²) >= 11 is 3.43. The summed E-state index contributed by atoms with van der Waals surface area (Å²) in [4.78, 5) is 2.33. The molecule has 82 valence electrons. The molecule has 1 aromatic rings. The lowest BCUT2D eigenvalue weighted by Crippen LogP contribution is -2.27. The maximum Gasteiger partial charge on any atom is 0.0749 e. The normalized spacial score (nSPS) is 27.1. The van der Waals surface area contributed by atoms with Crippen LogP contribution in [0.3, 0.4) is 0 Å². The summed E-state index contributed by atoms with van der Waals surface area (Å²) < 4.78 is 1.08. The van der Waals surface area contributed by atoms with Crippen LogP contribution < -0.4 is 0 Å². The molecule has 2 nitrogen and oxygen atoms in total. The molecule has 0 aromatic heterocycles. The quantitative estimate of drug-likeness (QED) is 0.892. The first-order valence-electron chi connectivity index (χ1n) is 5.40. The standard InChI is InChI=1S/C12H16BrNO/c1-2-14-8-7-11(15)12(14)9-3-5-10(13)6-4-9/h3-6,11-12,15H,2,7-8H2,1H3. The zero-order valence-corrected chi connectivity index (χ0v) is 10.4. The minimum atomic E-state index is -0.217. The van der Waals surface area contributed by atoms with Gasteiger partial charge in [0.2, 0.25) is 0 Å². The van der Waals surface area contributed by atoms with Crippen LogP contribution in [-0.4, -0.2) is 29.2 Å². The number of halogens is 1. The second-order valence-corrected chi connectivity index (χ2v) is 4.90. The monoisotopic (exact) mass is 269 g/mol. The van der Waals surface area contributed by atoms with E-state index in [2.05, 4.69) is 39.9 Å². The minimum Gasteiger partial charge on any atom is -0.391 e. The first kappa shape index (κ1) is 11.1. The molecule has 3 heteroatoms. The molecule has 0 radical (unpaired) electrons. The number of nitrogens with zero attached hydrogens (tertiary/aromatic N) is 1. The molecule has 2 atom stereocenters. The van der Waals surface area contributed by atoms with Gasteiger partial charge in [-0.25, -0.2) is 0 Å². The van der Waals surface area contributed by atoms with E-state index in [1.54, 1.807) is 0 Å². The predicted octanol–water partition coefficient (Wildman–Crippen LogP) is 2.58. The molecule has 2 unspecified atom stereocenters. The van der Waals surface area contributed by atoms with Gasteiger partial charge in [-0.1, -0.05) is 35.0 Å². The Labute approximate surface area is 99.0 Å². The van der Waals surface area contributed by atoms with Crippen LogP contribution in [0.1, 0.15) is 24.9 Å². The molecule has 0 spiro atoms. The Balaban J connectivity index is 2.24. The zero-order valence-electron chi connectivity index (χ0n) is 8.86. The highest BCUT2D eigenvalue weighted by Gasteiger charge is 2.32. The smallest absolute Gasteiger partial charge is 0.0749 e. The fourth-order valence-corrected chi connectivity index (χ4v) is 2.55. The van der Waals surface area contributed by atoms with E-state index in [1.165, 1.54) is 5.56 Å². The molecular weight excluding hydrogens is 254 g/mol. The molecule has 1 saturated heterocycles. The number of aliphatic hydroxyl groups is 1. The van der Waals surface area contributed by atoms with Crippen molar-refractivity contribution >= 4 is 15.9 Å². The highest BCUT2D eigenvalue weighted by Crippen LogP contribution is 2.32. The average Bonchev–Trinajstić information content (AvgIpc) is 2.61. The largest absolute Gasteiger partial charge is 0.391 e. The Morgan fingerprint density at radius 2 is 2.07 bits per heavy atom. The van der Waals surface area contributed by atoms with Crippen molar-refractivity contribution in [1.29, 1.82) is 0 Å². The van der Waals surface area contributed by atoms with Crippen LogP contribution in [0.15, 0.2) is 28.7 Å². The number of likely N-dealkylation sites (N-methyl/N-ethyl adjacent to an activating group) is 1. The fraction of sp³-hybridized carbons (Fsp3) is 0.500. The lowest BCUT2D eigenvalue weighted by atomic mass is 10.0. The van der Waals surface area contributed by atoms with Crippen molar-refractivity contribution in [3.63, 3.8) is 0 Å². The van der Waals surface area contributed by atoms with E-state index in [0.717, 1.165) is 24.0 Å². The molecule has 2 rings (SSSR count). The molecule has 1 aliphatic heterocycles. The van der Waals surface area contributed by atoms with Crippen molar-refractivity contribution in [2.24, 2.45) is 0 Å². The van der Waals surface area contributed by atoms with Gasteiger partial charge < -0.3 is 5.11 Å². The van der Waals surface area contributed by atoms with Crippen molar-refractivity contribution in [3.8, 4) is 0 Å². The van der Waals surface area contributed by atoms with E-state index in [-0.39, 0.29) is 12.1 Å². The number of aliphatic hydroxyl groups excluding tert-OH is 1. The molecule has 1 heterocycles. The first-order valence-corrected chi connectivity index (χ1v) is 6.19. The van der Waals surface area contributed by atoms with Crippen LogP contribution in [0.2, 0.25) is 0 Å². The molecule has 0 saturated carbocycles. The SMILES string of the molecule is CCN1CCC(O)C1c1ccc(Br)cc1. The van der Waals surface area contributed by atoms with Crippen LogP contribution >= 0.6 is 15.9 Å². The van der Waals surface area contributed by atoms with Crippen molar-refractivity contribution in [1.82, 2.24) is 4.90 Å². The molecule has 1 N–H and O–H groups in total. The number of likely N-dealkylation sites (tertiary alicyclic amines) is 1. The highest BCUT2D eigenvalue weighted by atomic mass is 79.9. The molecule has 1 fully saturated rings. The molecule has 0 amide bonds. The summed E-state index contributed by atoms with van der Waals surface area (Å²) in [5.74, 6) is 0. The summed E-state index contributed by atoms with van der Waals surface area (Å²) in [6.45, 7) is 4.14. The molecule has 0 aliphatic carbocycles. The number of rotatable bonds is 2. The Hall–Kier alpha value is -0.380. The van der Waals surface area contributed by atoms with Crippen LogP contribution in [0.4, 0.5) is 0 Å². The summed E-state index contributed by atoms with van der Waals surface area (Å²) in [7, 11) is 0. The van der Waals surface area contributed by atoms with Gasteiger partial charge in [0.15, 0.2) is 0 Å². The summed E-state index contributed by atoms with van der Waals surface area (Å²) in [6.07, 6.45) is 0.667. The van der Waals surface area contributed by atoms with E-state index in [0.29, 0.717) is 0 Å². The predicted molar refractivity (Wildman–Crippen MR) is 64.8 cm³/mol. The molecule has 1 aliphatic rings. The Bertz CT molecular complexity index is 325. The third-order valence-corrected chi connectivity index (χ3v) is 3.62. The lowest BCUT2D eigenvalue weighted by Gasteiger charge is -2.25. The van der Waals surface area contributed by atoms with Crippen molar-refractivity contribution in [2.75, 3.05) is 13.1 Å². The van der Waals surface area contributed by atoms with Gasteiger partial charge in [-0.15, -0.1) is 0 Å². The zero-order chi connectivity index (χ0) is 10.8. The second kappa shape index (κ2) is 4.64. The van der Waals surface area contributed by atoms with Gasteiger partial charge >= 0.3 is 0 Å². The van der Waals surface area contributed by atoms with Gasteiger partial charge in [0.25, 0.3) is 0 Å². The third-order valence-electron chi connectivity index (χ3n) is 3.09. The Morgan fingerprint density at radius 3 is 2.67 bits per heavy atom. The Morgan fingerprint density at radius 1 is 1.40 bits per heavy atom. The molecule has 0 bridgehead atoms. The summed E-state index contributed by atoms with van der Waals surface area (Å²) in [5, 5.41) is 9.96. The summed E-state index contributed by atoms with van der Waals surface area (Å²) in [5.41, 5.74) is 1.21. The fourth-order valence-electron chi connectivity index (χ4n) is 2.29. The van der Waals surface area contributed by atoms with E-state index < -0.39 is 0 Å². The van der Waals surface area contributed by atoms with E-state index in [9.17, 15) is 5.11 Å². The van der Waals surface area contributed by atoms with Crippen LogP contribution in [0, 0.1) is 0 Å². The molecule has 15 heavy (non-hydrogen) atoms. The highest BCUT2D eigenvalue weighted by molar-refractivity contribution is 9.10. The van der Waals surface area contributed by atoms with E-state index in [1.807, 2.05) is 12.1 Å². The average molecular weight is 270 g/mol. The number of hydrogen-bond acceptors (Lipinski definition) is 2.